The zero-order chi connectivity index (χ0) is 13.7. The molecule has 1 aromatic rings. The maximum Gasteiger partial charge on any atom is 0.224 e. The minimum absolute atomic E-state index is 0.0334. The van der Waals surface area contributed by atoms with Crippen LogP contribution in [0.2, 0.25) is 0 Å². The highest BCUT2D eigenvalue weighted by Gasteiger charge is 2.17. The second-order valence-electron chi connectivity index (χ2n) is 4.81. The molecule has 0 saturated heterocycles. The Morgan fingerprint density at radius 3 is 2.89 bits per heavy atom. The summed E-state index contributed by atoms with van der Waals surface area (Å²) in [5.74, 6) is -0.588. The molecule has 0 unspecified atom stereocenters. The number of hydrogen-bond donors (Lipinski definition) is 2. The molecule has 0 aromatic heterocycles. The molecule has 0 radical (unpaired) electrons. The third kappa shape index (κ3) is 4.21. The van der Waals surface area contributed by atoms with Gasteiger partial charge in [-0.1, -0.05) is 0 Å². The van der Waals surface area contributed by atoms with Gasteiger partial charge in [0.2, 0.25) is 5.91 Å². The van der Waals surface area contributed by atoms with E-state index in [9.17, 15) is 9.18 Å². The fourth-order valence-electron chi connectivity index (χ4n) is 1.87. The second-order valence-corrected chi connectivity index (χ2v) is 4.81. The fraction of sp³-hybridized carbons (Fsp3) is 0.500. The summed E-state index contributed by atoms with van der Waals surface area (Å²) >= 11 is 0. The molecular formula is C14H19FN2O2. The number of carbonyl (C=O) groups excluding carboxylic acids is 1. The molecule has 1 fully saturated rings. The number of benzene rings is 1. The second kappa shape index (κ2) is 6.52. The van der Waals surface area contributed by atoms with Crippen molar-refractivity contribution in [3.63, 3.8) is 0 Å². The minimum atomic E-state index is -0.480. The van der Waals surface area contributed by atoms with Gasteiger partial charge in [-0.15, -0.1) is 0 Å². The van der Waals surface area contributed by atoms with E-state index in [-0.39, 0.29) is 11.6 Å². The molecule has 0 bridgehead atoms. The Morgan fingerprint density at radius 2 is 2.26 bits per heavy atom. The van der Waals surface area contributed by atoms with Crippen LogP contribution in [-0.4, -0.2) is 18.6 Å². The molecule has 2 rings (SSSR count). The first-order valence-electron chi connectivity index (χ1n) is 6.61. The lowest BCUT2D eigenvalue weighted by atomic mass is 9.96. The van der Waals surface area contributed by atoms with Crippen LogP contribution in [0, 0.1) is 5.82 Å². The Hall–Kier alpha value is -1.62. The Labute approximate surface area is 112 Å². The lowest BCUT2D eigenvalue weighted by Gasteiger charge is -2.25. The smallest absolute Gasteiger partial charge is 0.224 e. The van der Waals surface area contributed by atoms with Crippen LogP contribution in [0.5, 0.6) is 0 Å². The number of halogens is 1. The van der Waals surface area contributed by atoms with Crippen molar-refractivity contribution in [2.75, 3.05) is 17.7 Å². The molecular weight excluding hydrogens is 247 g/mol. The quantitative estimate of drug-likeness (QED) is 0.614. The van der Waals surface area contributed by atoms with Gasteiger partial charge in [0.15, 0.2) is 0 Å². The summed E-state index contributed by atoms with van der Waals surface area (Å²) in [7, 11) is 0. The molecule has 0 aliphatic heterocycles. The van der Waals surface area contributed by atoms with Crippen molar-refractivity contribution in [3.05, 3.63) is 24.0 Å². The number of ether oxygens (including phenoxy) is 1. The van der Waals surface area contributed by atoms with E-state index in [2.05, 4.69) is 5.32 Å². The van der Waals surface area contributed by atoms with Crippen LogP contribution in [0.1, 0.15) is 32.1 Å². The summed E-state index contributed by atoms with van der Waals surface area (Å²) in [5.41, 5.74) is 5.98. The Kier molecular flexibility index (Phi) is 4.74. The minimum Gasteiger partial charge on any atom is -0.396 e. The van der Waals surface area contributed by atoms with Gasteiger partial charge in [0.25, 0.3) is 0 Å². The highest BCUT2D eigenvalue weighted by Crippen LogP contribution is 2.22. The van der Waals surface area contributed by atoms with Crippen LogP contribution >= 0.6 is 0 Å². The molecule has 3 N–H and O–H groups in total. The lowest BCUT2D eigenvalue weighted by Crippen LogP contribution is -2.22. The van der Waals surface area contributed by atoms with E-state index in [0.29, 0.717) is 31.2 Å². The summed E-state index contributed by atoms with van der Waals surface area (Å²) in [6.07, 6.45) is 5.02. The number of nitrogens with two attached hydrogens (primary N) is 1. The summed E-state index contributed by atoms with van der Waals surface area (Å²) in [6.45, 7) is 0.615. The summed E-state index contributed by atoms with van der Waals surface area (Å²) in [6, 6.07) is 4.15. The third-order valence-corrected chi connectivity index (χ3v) is 3.23. The van der Waals surface area contributed by atoms with Crippen molar-refractivity contribution in [1.29, 1.82) is 0 Å². The van der Waals surface area contributed by atoms with Gasteiger partial charge in [0, 0.05) is 18.7 Å². The van der Waals surface area contributed by atoms with Gasteiger partial charge in [0.05, 0.1) is 11.8 Å². The molecule has 0 heterocycles. The Bertz CT molecular complexity index is 447. The molecule has 19 heavy (non-hydrogen) atoms. The van der Waals surface area contributed by atoms with E-state index < -0.39 is 5.82 Å². The van der Waals surface area contributed by atoms with E-state index in [1.165, 1.54) is 24.6 Å². The Balaban J connectivity index is 1.66. The normalized spacial score (nSPS) is 15.0. The summed E-state index contributed by atoms with van der Waals surface area (Å²) in [4.78, 5) is 11.6. The van der Waals surface area contributed by atoms with Gasteiger partial charge in [-0.05, 0) is 43.9 Å². The molecule has 1 aromatic carbocycles. The lowest BCUT2D eigenvalue weighted by molar-refractivity contribution is -0.116. The van der Waals surface area contributed by atoms with E-state index in [1.54, 1.807) is 0 Å². The van der Waals surface area contributed by atoms with Crippen molar-refractivity contribution in [2.24, 2.45) is 0 Å². The first-order valence-corrected chi connectivity index (χ1v) is 6.61. The summed E-state index contributed by atoms with van der Waals surface area (Å²) in [5, 5.41) is 2.68. The van der Waals surface area contributed by atoms with Gasteiger partial charge in [-0.2, -0.15) is 0 Å². The number of carbonyl (C=O) groups is 1. The molecule has 0 spiro atoms. The number of anilines is 2. The molecule has 4 nitrogen and oxygen atoms in total. The molecule has 1 aliphatic carbocycles. The highest BCUT2D eigenvalue weighted by molar-refractivity contribution is 5.91. The maximum atomic E-state index is 12.9. The monoisotopic (exact) mass is 266 g/mol. The van der Waals surface area contributed by atoms with E-state index in [0.717, 1.165) is 12.8 Å². The maximum absolute atomic E-state index is 12.9. The van der Waals surface area contributed by atoms with Crippen LogP contribution in [0.25, 0.3) is 0 Å². The number of nitrogen functional groups attached to an aromatic ring is 1. The van der Waals surface area contributed by atoms with Gasteiger partial charge < -0.3 is 15.8 Å². The van der Waals surface area contributed by atoms with Crippen molar-refractivity contribution in [1.82, 2.24) is 0 Å². The number of amides is 1. The first-order chi connectivity index (χ1) is 9.15. The van der Waals surface area contributed by atoms with Crippen molar-refractivity contribution in [2.45, 2.75) is 38.2 Å². The van der Waals surface area contributed by atoms with Gasteiger partial charge in [-0.25, -0.2) is 4.39 Å². The predicted molar refractivity (Wildman–Crippen MR) is 72.3 cm³/mol. The largest absolute Gasteiger partial charge is 0.396 e. The van der Waals surface area contributed by atoms with Crippen molar-refractivity contribution < 1.29 is 13.9 Å². The van der Waals surface area contributed by atoms with Gasteiger partial charge >= 0.3 is 0 Å². The van der Waals surface area contributed by atoms with Crippen LogP contribution in [-0.2, 0) is 9.53 Å². The van der Waals surface area contributed by atoms with Crippen LogP contribution in [0.15, 0.2) is 18.2 Å². The molecule has 1 aliphatic rings. The predicted octanol–water partition coefficient (Wildman–Crippen LogP) is 2.70. The zero-order valence-electron chi connectivity index (χ0n) is 10.8. The SMILES string of the molecule is Nc1cc(NC(=O)CCCOC2CCC2)ccc1F. The fourth-order valence-corrected chi connectivity index (χ4v) is 1.87. The van der Waals surface area contributed by atoms with Crippen LogP contribution in [0.3, 0.4) is 0 Å². The van der Waals surface area contributed by atoms with E-state index in [1.807, 2.05) is 0 Å². The van der Waals surface area contributed by atoms with Crippen molar-refractivity contribution >= 4 is 17.3 Å². The van der Waals surface area contributed by atoms with E-state index >= 15 is 0 Å². The van der Waals surface area contributed by atoms with Gasteiger partial charge in [-0.3, -0.25) is 4.79 Å². The highest BCUT2D eigenvalue weighted by atomic mass is 19.1. The number of hydrogen-bond acceptors (Lipinski definition) is 3. The molecule has 1 amide bonds. The Morgan fingerprint density at radius 1 is 1.47 bits per heavy atom. The number of rotatable bonds is 6. The zero-order valence-corrected chi connectivity index (χ0v) is 10.8. The van der Waals surface area contributed by atoms with Crippen LogP contribution < -0.4 is 11.1 Å². The molecule has 104 valence electrons. The molecule has 0 atom stereocenters. The average Bonchev–Trinajstić information content (AvgIpc) is 2.31. The van der Waals surface area contributed by atoms with Crippen molar-refractivity contribution in [3.8, 4) is 0 Å². The van der Waals surface area contributed by atoms with Gasteiger partial charge in [0.1, 0.15) is 5.82 Å². The molecule has 1 saturated carbocycles. The number of nitrogens with one attached hydrogen (secondary N) is 1. The summed E-state index contributed by atoms with van der Waals surface area (Å²) < 4.78 is 18.5. The van der Waals surface area contributed by atoms with E-state index in [4.69, 9.17) is 10.5 Å². The topological polar surface area (TPSA) is 64.3 Å². The standard InChI is InChI=1S/C14H19FN2O2/c15-12-7-6-10(9-13(12)16)17-14(18)5-2-8-19-11-3-1-4-11/h6-7,9,11H,1-5,8,16H2,(H,17,18). The third-order valence-electron chi connectivity index (χ3n) is 3.23. The van der Waals surface area contributed by atoms with Crippen LogP contribution in [0.4, 0.5) is 15.8 Å². The molecule has 5 heteroatoms. The first kappa shape index (κ1) is 13.8. The average molecular weight is 266 g/mol.